The van der Waals surface area contributed by atoms with Gasteiger partial charge in [0, 0.05) is 0 Å². The molecule has 0 saturated carbocycles. The van der Waals surface area contributed by atoms with E-state index >= 15 is 0 Å². The first-order valence-electron chi connectivity index (χ1n) is 5.51. The zero-order valence-corrected chi connectivity index (χ0v) is 8.48. The number of rotatable bonds is 2. The molecule has 0 saturated heterocycles. The van der Waals surface area contributed by atoms with Crippen LogP contribution >= 0.6 is 0 Å². The molecule has 1 aromatic rings. The van der Waals surface area contributed by atoms with Gasteiger partial charge in [-0.2, -0.15) is 0 Å². The highest BCUT2D eigenvalue weighted by Crippen LogP contribution is 2.50. The van der Waals surface area contributed by atoms with Gasteiger partial charge >= 0.3 is 0 Å². The molecule has 0 spiro atoms. The smallest absolute Gasteiger partial charge is 0.00751 e. The first-order valence-corrected chi connectivity index (χ1v) is 5.51. The second-order valence-corrected chi connectivity index (χ2v) is 4.38. The van der Waals surface area contributed by atoms with Crippen LogP contribution in [0.5, 0.6) is 0 Å². The molecule has 0 fully saturated rings. The Morgan fingerprint density at radius 3 is 2.77 bits per heavy atom. The van der Waals surface area contributed by atoms with Crippen molar-refractivity contribution < 1.29 is 0 Å². The molecule has 0 N–H and O–H groups in total. The monoisotopic (exact) mass is 172 g/mol. The molecule has 4 bridgehead atoms. The summed E-state index contributed by atoms with van der Waals surface area (Å²) in [7, 11) is 0. The lowest BCUT2D eigenvalue weighted by Crippen LogP contribution is -2.13. The highest BCUT2D eigenvalue weighted by Gasteiger charge is 2.38. The third-order valence-corrected chi connectivity index (χ3v) is 3.83. The van der Waals surface area contributed by atoms with Crippen molar-refractivity contribution in [1.29, 1.82) is 0 Å². The van der Waals surface area contributed by atoms with Crippen LogP contribution < -0.4 is 0 Å². The summed E-state index contributed by atoms with van der Waals surface area (Å²) in [6.45, 7) is 4.58. The molecule has 0 heteroatoms. The number of benzene rings is 1. The molecule has 0 amide bonds. The predicted molar refractivity (Wildman–Crippen MR) is 55.3 cm³/mol. The average Bonchev–Trinajstić information content (AvgIpc) is 2.64. The summed E-state index contributed by atoms with van der Waals surface area (Å²) < 4.78 is 0. The van der Waals surface area contributed by atoms with E-state index < -0.39 is 0 Å². The van der Waals surface area contributed by atoms with Crippen LogP contribution in [-0.2, 0) is 25.7 Å². The molecule has 0 aliphatic heterocycles. The van der Waals surface area contributed by atoms with Gasteiger partial charge in [-0.3, -0.25) is 0 Å². The zero-order valence-electron chi connectivity index (χ0n) is 8.48. The second kappa shape index (κ2) is 2.37. The second-order valence-electron chi connectivity index (χ2n) is 4.38. The fraction of sp³-hybridized carbons (Fsp3) is 0.538. The molecule has 0 nitrogen and oxygen atoms in total. The normalized spacial score (nSPS) is 21.8. The lowest BCUT2D eigenvalue weighted by molar-refractivity contribution is 0.671. The van der Waals surface area contributed by atoms with Gasteiger partial charge in [-0.15, -0.1) is 0 Å². The summed E-state index contributed by atoms with van der Waals surface area (Å²) in [4.78, 5) is 0. The summed E-state index contributed by atoms with van der Waals surface area (Å²) in [5.41, 5.74) is 8.47. The molecule has 4 rings (SSSR count). The van der Waals surface area contributed by atoms with Crippen LogP contribution in [0.2, 0.25) is 0 Å². The highest BCUT2D eigenvalue weighted by atomic mass is 14.4. The maximum absolute atomic E-state index is 2.48. The fourth-order valence-electron chi connectivity index (χ4n) is 3.22. The van der Waals surface area contributed by atoms with E-state index in [0.29, 0.717) is 0 Å². The van der Waals surface area contributed by atoms with E-state index in [2.05, 4.69) is 19.9 Å². The van der Waals surface area contributed by atoms with Gasteiger partial charge in [-0.1, -0.05) is 19.9 Å². The molecule has 13 heavy (non-hydrogen) atoms. The molecule has 68 valence electrons. The van der Waals surface area contributed by atoms with Gasteiger partial charge in [0.1, 0.15) is 0 Å². The minimum absolute atomic E-state index is 0.931. The Bertz CT molecular complexity index is 374. The summed E-state index contributed by atoms with van der Waals surface area (Å²) in [5, 5.41) is 0. The Morgan fingerprint density at radius 2 is 2.08 bits per heavy atom. The van der Waals surface area contributed by atoms with Crippen LogP contribution in [0.25, 0.3) is 0 Å². The van der Waals surface area contributed by atoms with Crippen LogP contribution in [0.1, 0.15) is 47.6 Å². The van der Waals surface area contributed by atoms with E-state index in [1.807, 2.05) is 0 Å². The van der Waals surface area contributed by atoms with Crippen molar-refractivity contribution in [3.8, 4) is 0 Å². The average molecular weight is 172 g/mol. The molecule has 1 atom stereocenters. The van der Waals surface area contributed by atoms with Gasteiger partial charge in [0.2, 0.25) is 0 Å². The van der Waals surface area contributed by atoms with E-state index in [4.69, 9.17) is 0 Å². The molecule has 1 unspecified atom stereocenters. The molecule has 0 heterocycles. The number of aryl methyl sites for hydroxylation is 1. The maximum Gasteiger partial charge on any atom is -0.00751 e. The summed E-state index contributed by atoms with van der Waals surface area (Å²) in [6, 6.07) is 2.48. The van der Waals surface area contributed by atoms with E-state index in [1.165, 1.54) is 25.7 Å². The van der Waals surface area contributed by atoms with Crippen molar-refractivity contribution in [3.63, 3.8) is 0 Å². The molecule has 3 aliphatic rings. The Labute approximate surface area is 80.0 Å². The van der Waals surface area contributed by atoms with Crippen LogP contribution in [0.3, 0.4) is 0 Å². The Balaban J connectivity index is 2.25. The van der Waals surface area contributed by atoms with Gasteiger partial charge in [-0.25, -0.2) is 0 Å². The fourth-order valence-corrected chi connectivity index (χ4v) is 3.22. The Hall–Kier alpha value is -0.780. The van der Waals surface area contributed by atoms with Gasteiger partial charge in [0.15, 0.2) is 0 Å². The van der Waals surface area contributed by atoms with Crippen LogP contribution in [0, 0.1) is 0 Å². The van der Waals surface area contributed by atoms with Crippen molar-refractivity contribution in [2.75, 3.05) is 0 Å². The van der Waals surface area contributed by atoms with Crippen molar-refractivity contribution >= 4 is 0 Å². The largest absolute Gasteiger partial charge is 0.0613 e. The first-order chi connectivity index (χ1) is 6.35. The zero-order chi connectivity index (χ0) is 9.00. The van der Waals surface area contributed by atoms with E-state index in [9.17, 15) is 0 Å². The van der Waals surface area contributed by atoms with Gasteiger partial charge in [0.05, 0.1) is 0 Å². The van der Waals surface area contributed by atoms with E-state index in [0.717, 1.165) is 5.92 Å². The quantitative estimate of drug-likeness (QED) is 0.643. The van der Waals surface area contributed by atoms with E-state index in [1.54, 1.807) is 27.8 Å². The summed E-state index contributed by atoms with van der Waals surface area (Å²) in [6.07, 6.45) is 5.21. The molecule has 0 radical (unpaired) electrons. The van der Waals surface area contributed by atoms with Gasteiger partial charge in [-0.05, 0) is 59.4 Å². The maximum atomic E-state index is 2.48. The number of hydrogen-bond donors (Lipinski definition) is 0. The predicted octanol–water partition coefficient (Wildman–Crippen LogP) is 3.01. The van der Waals surface area contributed by atoms with Crippen molar-refractivity contribution in [2.45, 2.75) is 45.4 Å². The molecule has 1 aromatic carbocycles. The lowest BCUT2D eigenvalue weighted by Gasteiger charge is -2.25. The van der Waals surface area contributed by atoms with Crippen molar-refractivity contribution in [2.24, 2.45) is 0 Å². The van der Waals surface area contributed by atoms with E-state index in [-0.39, 0.29) is 0 Å². The van der Waals surface area contributed by atoms with Crippen LogP contribution in [0.15, 0.2) is 6.07 Å². The first kappa shape index (κ1) is 7.61. The molecule has 0 aromatic heterocycles. The highest BCUT2D eigenvalue weighted by molar-refractivity contribution is 5.59. The van der Waals surface area contributed by atoms with Crippen molar-refractivity contribution in [1.82, 2.24) is 0 Å². The Morgan fingerprint density at radius 1 is 1.23 bits per heavy atom. The summed E-state index contributed by atoms with van der Waals surface area (Å²) in [5.74, 6) is 0.931. The van der Waals surface area contributed by atoms with Crippen LogP contribution in [-0.4, -0.2) is 0 Å². The standard InChI is InChI=1S/C13H16/c1-3-8-5-9-6-10-7-12(9)13(10)11(8)4-2/h5,10H,3-4,6-7H2,1-2H3. The Kier molecular flexibility index (Phi) is 1.39. The molecule has 3 aliphatic carbocycles. The molecular formula is C13H16. The third-order valence-electron chi connectivity index (χ3n) is 3.83. The SMILES string of the molecule is CCc1cc2c3c(c1CC)C(C2)C3. The minimum atomic E-state index is 0.931. The third kappa shape index (κ3) is 0.769. The topological polar surface area (TPSA) is 0 Å². The summed E-state index contributed by atoms with van der Waals surface area (Å²) >= 11 is 0. The minimum Gasteiger partial charge on any atom is -0.0613 e. The van der Waals surface area contributed by atoms with Crippen LogP contribution in [0.4, 0.5) is 0 Å². The number of hydrogen-bond acceptors (Lipinski definition) is 0. The van der Waals surface area contributed by atoms with Gasteiger partial charge < -0.3 is 0 Å². The lowest BCUT2D eigenvalue weighted by atomic mass is 9.79. The molecular weight excluding hydrogens is 156 g/mol. The van der Waals surface area contributed by atoms with Crippen molar-refractivity contribution in [3.05, 3.63) is 33.9 Å². The van der Waals surface area contributed by atoms with Gasteiger partial charge in [0.25, 0.3) is 0 Å².